The Morgan fingerprint density at radius 3 is 1.50 bits per heavy atom. The number of aromatic nitrogens is 3. The average Bonchev–Trinajstić information content (AvgIpc) is 3.97. The first-order chi connectivity index (χ1) is 30.5. The van der Waals surface area contributed by atoms with Crippen LogP contribution in [-0.4, -0.2) is 20.4 Å². The SMILES string of the molecule is Cc1c(C)c(-n2c3ccccc3c3ccccc32)c(C)c(C)c1B1c2ccccc2-n2c3ccccc3c3c(-n4c5ccccc5c5ccc(-c6ccccc6)cc54)ccc1c32. The second-order valence-electron chi connectivity index (χ2n) is 17.3. The van der Waals surface area contributed by atoms with Gasteiger partial charge in [0.2, 0.25) is 6.71 Å². The molecular formula is C58H42BN3. The van der Waals surface area contributed by atoms with Crippen LogP contribution in [0.4, 0.5) is 0 Å². The maximum absolute atomic E-state index is 2.56. The van der Waals surface area contributed by atoms with Gasteiger partial charge in [0.15, 0.2) is 0 Å². The van der Waals surface area contributed by atoms with Crippen LogP contribution in [0.2, 0.25) is 0 Å². The van der Waals surface area contributed by atoms with Crippen molar-refractivity contribution in [3.8, 4) is 28.2 Å². The van der Waals surface area contributed by atoms with Gasteiger partial charge in [-0.2, -0.15) is 0 Å². The third kappa shape index (κ3) is 4.61. The molecule has 1 aliphatic rings. The standard InChI is InChI=1S/C58H42BN3/c1-35-37(3)57(61-49-26-14-9-20-41(49)42-21-10-15-27-50(42)61)38(4)36(2)56(35)59-46-24-12-17-29-52(46)62-51-28-16-11-23-45(51)55-53(33-32-47(59)58(55)62)60-48-25-13-8-22-43(48)44-31-30-40(34-54(44)60)39-18-6-5-7-19-39/h5-34H,1-4H3. The van der Waals surface area contributed by atoms with Crippen molar-refractivity contribution < 1.29 is 0 Å². The summed E-state index contributed by atoms with van der Waals surface area (Å²) in [5.74, 6) is 0. The van der Waals surface area contributed by atoms with Gasteiger partial charge in [-0.15, -0.1) is 0 Å². The van der Waals surface area contributed by atoms with Crippen LogP contribution in [0.25, 0.3) is 93.6 Å². The van der Waals surface area contributed by atoms with Crippen molar-refractivity contribution in [2.24, 2.45) is 0 Å². The maximum Gasteiger partial charge on any atom is 0.247 e. The predicted molar refractivity (Wildman–Crippen MR) is 265 cm³/mol. The lowest BCUT2D eigenvalue weighted by Gasteiger charge is -2.31. The largest absolute Gasteiger partial charge is 0.310 e. The molecule has 1 aliphatic heterocycles. The van der Waals surface area contributed by atoms with Gasteiger partial charge in [0, 0.05) is 38.0 Å². The monoisotopic (exact) mass is 791 g/mol. The zero-order valence-corrected chi connectivity index (χ0v) is 35.2. The van der Waals surface area contributed by atoms with E-state index in [-0.39, 0.29) is 6.71 Å². The Labute approximate surface area is 360 Å². The Kier molecular flexibility index (Phi) is 7.37. The topological polar surface area (TPSA) is 14.8 Å². The molecule has 0 radical (unpaired) electrons. The van der Waals surface area contributed by atoms with Gasteiger partial charge < -0.3 is 13.7 Å². The van der Waals surface area contributed by atoms with Gasteiger partial charge >= 0.3 is 0 Å². The summed E-state index contributed by atoms with van der Waals surface area (Å²) in [4.78, 5) is 0. The van der Waals surface area contributed by atoms with E-state index < -0.39 is 0 Å². The minimum Gasteiger partial charge on any atom is -0.310 e. The zero-order valence-electron chi connectivity index (χ0n) is 35.2. The highest BCUT2D eigenvalue weighted by Gasteiger charge is 2.37. The van der Waals surface area contributed by atoms with E-state index in [1.165, 1.54) is 132 Å². The second-order valence-corrected chi connectivity index (χ2v) is 17.3. The summed E-state index contributed by atoms with van der Waals surface area (Å²) in [5.41, 5.74) is 23.1. The van der Waals surface area contributed by atoms with Gasteiger partial charge in [0.05, 0.1) is 44.5 Å². The molecule has 0 N–H and O–H groups in total. The summed E-state index contributed by atoms with van der Waals surface area (Å²) >= 11 is 0. The van der Waals surface area contributed by atoms with Crippen LogP contribution in [0.15, 0.2) is 182 Å². The van der Waals surface area contributed by atoms with Gasteiger partial charge in [-0.3, -0.25) is 0 Å². The molecule has 3 aromatic heterocycles. The third-order valence-electron chi connectivity index (χ3n) is 14.4. The van der Waals surface area contributed by atoms with Gasteiger partial charge in [-0.25, -0.2) is 0 Å². The van der Waals surface area contributed by atoms with Crippen LogP contribution in [-0.2, 0) is 0 Å². The molecular weight excluding hydrogens is 749 g/mol. The predicted octanol–water partition coefficient (Wildman–Crippen LogP) is 12.7. The molecule has 0 amide bonds. The lowest BCUT2D eigenvalue weighted by molar-refractivity contribution is 1.10. The van der Waals surface area contributed by atoms with Crippen LogP contribution in [0.3, 0.4) is 0 Å². The van der Waals surface area contributed by atoms with Crippen molar-refractivity contribution in [2.45, 2.75) is 27.7 Å². The molecule has 3 nitrogen and oxygen atoms in total. The summed E-state index contributed by atoms with van der Waals surface area (Å²) in [6, 6.07) is 67.5. The normalized spacial score (nSPS) is 12.5. The molecule has 4 heterocycles. The summed E-state index contributed by atoms with van der Waals surface area (Å²) in [7, 11) is 0. The summed E-state index contributed by atoms with van der Waals surface area (Å²) in [5, 5.41) is 7.66. The van der Waals surface area contributed by atoms with Crippen molar-refractivity contribution in [1.82, 2.24) is 13.7 Å². The molecule has 0 saturated carbocycles. The number of hydrogen-bond acceptors (Lipinski definition) is 0. The Hall–Kier alpha value is -7.56. The highest BCUT2D eigenvalue weighted by Crippen LogP contribution is 2.42. The summed E-state index contributed by atoms with van der Waals surface area (Å²) in [6.45, 7) is 9.47. The summed E-state index contributed by atoms with van der Waals surface area (Å²) < 4.78 is 7.62. The van der Waals surface area contributed by atoms with Gasteiger partial charge in [-0.1, -0.05) is 156 Å². The number of fused-ring (bicyclic) bond motifs is 11. The minimum atomic E-state index is 0.0343. The first-order valence-electron chi connectivity index (χ1n) is 21.8. The van der Waals surface area contributed by atoms with Crippen LogP contribution >= 0.6 is 0 Å². The van der Waals surface area contributed by atoms with E-state index in [0.717, 1.165) is 0 Å². The number of rotatable bonds is 4. The number of para-hydroxylation sites is 5. The fraction of sp³-hybridized carbons (Fsp3) is 0.0690. The molecule has 292 valence electrons. The average molecular weight is 792 g/mol. The Morgan fingerprint density at radius 2 is 0.855 bits per heavy atom. The van der Waals surface area contributed by atoms with Crippen LogP contribution in [0.1, 0.15) is 22.3 Å². The van der Waals surface area contributed by atoms with Gasteiger partial charge in [-0.05, 0) is 103 Å². The molecule has 4 heteroatoms. The van der Waals surface area contributed by atoms with E-state index in [2.05, 4.69) is 223 Å². The van der Waals surface area contributed by atoms with Crippen LogP contribution < -0.4 is 16.4 Å². The fourth-order valence-corrected chi connectivity index (χ4v) is 11.5. The van der Waals surface area contributed by atoms with Crippen molar-refractivity contribution in [3.63, 3.8) is 0 Å². The van der Waals surface area contributed by atoms with Crippen molar-refractivity contribution in [3.05, 3.63) is 204 Å². The smallest absolute Gasteiger partial charge is 0.247 e. The molecule has 9 aromatic carbocycles. The van der Waals surface area contributed by atoms with Gasteiger partial charge in [0.25, 0.3) is 0 Å². The lowest BCUT2D eigenvalue weighted by Crippen LogP contribution is -2.58. The third-order valence-corrected chi connectivity index (χ3v) is 14.4. The first-order valence-corrected chi connectivity index (χ1v) is 21.8. The number of nitrogens with zero attached hydrogens (tertiary/aromatic N) is 3. The first kappa shape index (κ1) is 35.2. The molecule has 0 atom stereocenters. The molecule has 0 saturated heterocycles. The molecule has 12 aromatic rings. The maximum atomic E-state index is 2.56. The molecule has 0 fully saturated rings. The Balaban J connectivity index is 1.12. The molecule has 0 aliphatic carbocycles. The van der Waals surface area contributed by atoms with Crippen LogP contribution in [0.5, 0.6) is 0 Å². The van der Waals surface area contributed by atoms with E-state index in [1.54, 1.807) is 0 Å². The summed E-state index contributed by atoms with van der Waals surface area (Å²) in [6.07, 6.45) is 0. The fourth-order valence-electron chi connectivity index (χ4n) is 11.5. The molecule has 0 bridgehead atoms. The molecule has 62 heavy (non-hydrogen) atoms. The van der Waals surface area contributed by atoms with E-state index in [1.807, 2.05) is 0 Å². The minimum absolute atomic E-state index is 0.0343. The van der Waals surface area contributed by atoms with Crippen molar-refractivity contribution in [1.29, 1.82) is 0 Å². The quantitative estimate of drug-likeness (QED) is 0.158. The number of benzene rings is 9. The highest BCUT2D eigenvalue weighted by molar-refractivity contribution is 6.98. The highest BCUT2D eigenvalue weighted by atomic mass is 15.0. The molecule has 13 rings (SSSR count). The molecule has 0 unspecified atom stereocenters. The van der Waals surface area contributed by atoms with E-state index in [4.69, 9.17) is 0 Å². The molecule has 0 spiro atoms. The van der Waals surface area contributed by atoms with E-state index in [0.29, 0.717) is 0 Å². The van der Waals surface area contributed by atoms with Crippen molar-refractivity contribution in [2.75, 3.05) is 0 Å². The lowest BCUT2D eigenvalue weighted by atomic mass is 9.34. The number of hydrogen-bond donors (Lipinski definition) is 0. The van der Waals surface area contributed by atoms with Crippen molar-refractivity contribution >= 4 is 88.5 Å². The zero-order chi connectivity index (χ0) is 41.4. The Bertz CT molecular complexity index is 3780. The van der Waals surface area contributed by atoms with E-state index in [9.17, 15) is 0 Å². The second kappa shape index (κ2) is 13.0. The van der Waals surface area contributed by atoms with E-state index >= 15 is 0 Å². The van der Waals surface area contributed by atoms with Crippen LogP contribution in [0, 0.1) is 27.7 Å². The van der Waals surface area contributed by atoms with Gasteiger partial charge in [0.1, 0.15) is 0 Å². The Morgan fingerprint density at radius 1 is 0.339 bits per heavy atom.